The molecular formula is C16H19N3O4. The van der Waals surface area contributed by atoms with Gasteiger partial charge >= 0.3 is 12.0 Å². The molecule has 23 heavy (non-hydrogen) atoms. The van der Waals surface area contributed by atoms with Crippen molar-refractivity contribution in [3.63, 3.8) is 0 Å². The van der Waals surface area contributed by atoms with Gasteiger partial charge in [-0.1, -0.05) is 11.6 Å². The standard InChI is InChI=1S/C16H19N3O4/c1-10-3-4-12-11(9-10)13(14(17-12)15(20)22-2)18-16(21)19-5-7-23-8-6-19/h3-4,9,17H,5-8H2,1-2H3,(H,18,21). The summed E-state index contributed by atoms with van der Waals surface area (Å²) in [5.74, 6) is -0.517. The lowest BCUT2D eigenvalue weighted by Crippen LogP contribution is -2.43. The maximum absolute atomic E-state index is 12.5. The third-order valence-electron chi connectivity index (χ3n) is 3.87. The third kappa shape index (κ3) is 3.00. The number of nitrogens with zero attached hydrogens (tertiary/aromatic N) is 1. The van der Waals surface area contributed by atoms with Crippen molar-refractivity contribution in [2.24, 2.45) is 0 Å². The summed E-state index contributed by atoms with van der Waals surface area (Å²) in [6.07, 6.45) is 0. The Labute approximate surface area is 133 Å². The van der Waals surface area contributed by atoms with Gasteiger partial charge in [0, 0.05) is 24.0 Å². The highest BCUT2D eigenvalue weighted by atomic mass is 16.5. The lowest BCUT2D eigenvalue weighted by Gasteiger charge is -2.27. The minimum atomic E-state index is -0.517. The van der Waals surface area contributed by atoms with Gasteiger partial charge in [0.25, 0.3) is 0 Å². The first-order valence-corrected chi connectivity index (χ1v) is 7.44. The first kappa shape index (κ1) is 15.4. The second-order valence-corrected chi connectivity index (χ2v) is 5.45. The molecule has 0 bridgehead atoms. The molecule has 0 aliphatic carbocycles. The van der Waals surface area contributed by atoms with Crippen LogP contribution in [0.5, 0.6) is 0 Å². The number of carbonyl (C=O) groups excluding carboxylic acids is 2. The average molecular weight is 317 g/mol. The van der Waals surface area contributed by atoms with Crippen molar-refractivity contribution in [3.05, 3.63) is 29.5 Å². The summed E-state index contributed by atoms with van der Waals surface area (Å²) in [6, 6.07) is 5.49. The quantitative estimate of drug-likeness (QED) is 0.831. The molecule has 0 radical (unpaired) electrons. The Hall–Kier alpha value is -2.54. The van der Waals surface area contributed by atoms with E-state index >= 15 is 0 Å². The van der Waals surface area contributed by atoms with Crippen LogP contribution in [0.25, 0.3) is 10.9 Å². The Morgan fingerprint density at radius 1 is 1.30 bits per heavy atom. The van der Waals surface area contributed by atoms with Crippen LogP contribution < -0.4 is 5.32 Å². The number of nitrogens with one attached hydrogen (secondary N) is 2. The molecule has 2 aromatic rings. The van der Waals surface area contributed by atoms with Gasteiger partial charge in [0.05, 0.1) is 26.0 Å². The van der Waals surface area contributed by atoms with Crippen molar-refractivity contribution >= 4 is 28.6 Å². The van der Waals surface area contributed by atoms with Crippen molar-refractivity contribution in [2.75, 3.05) is 38.7 Å². The second-order valence-electron chi connectivity index (χ2n) is 5.45. The van der Waals surface area contributed by atoms with Crippen molar-refractivity contribution in [1.29, 1.82) is 0 Å². The molecule has 0 atom stereocenters. The Morgan fingerprint density at radius 2 is 2.04 bits per heavy atom. The predicted octanol–water partition coefficient (Wildman–Crippen LogP) is 2.13. The van der Waals surface area contributed by atoms with Crippen molar-refractivity contribution in [1.82, 2.24) is 9.88 Å². The molecule has 7 heteroatoms. The van der Waals surface area contributed by atoms with Crippen LogP contribution in [0, 0.1) is 6.92 Å². The molecule has 2 heterocycles. The highest BCUT2D eigenvalue weighted by Crippen LogP contribution is 2.29. The van der Waals surface area contributed by atoms with Gasteiger partial charge in [0.1, 0.15) is 5.69 Å². The summed E-state index contributed by atoms with van der Waals surface area (Å²) in [5.41, 5.74) is 2.50. The molecule has 1 aliphatic heterocycles. The smallest absolute Gasteiger partial charge is 0.356 e. The van der Waals surface area contributed by atoms with Crippen LogP contribution in [0.15, 0.2) is 18.2 Å². The van der Waals surface area contributed by atoms with Crippen LogP contribution in [0.1, 0.15) is 16.1 Å². The number of H-pyrrole nitrogens is 1. The maximum atomic E-state index is 12.5. The van der Waals surface area contributed by atoms with Crippen LogP contribution in [0.4, 0.5) is 10.5 Å². The number of amides is 2. The number of fused-ring (bicyclic) bond motifs is 1. The topological polar surface area (TPSA) is 83.7 Å². The minimum Gasteiger partial charge on any atom is -0.464 e. The average Bonchev–Trinajstić information content (AvgIpc) is 2.93. The zero-order valence-electron chi connectivity index (χ0n) is 13.1. The number of rotatable bonds is 2. The molecule has 122 valence electrons. The summed E-state index contributed by atoms with van der Waals surface area (Å²) in [6.45, 7) is 4.05. The first-order chi connectivity index (χ1) is 11.1. The molecule has 2 amide bonds. The Kier molecular flexibility index (Phi) is 4.20. The van der Waals surface area contributed by atoms with Gasteiger partial charge in [-0.3, -0.25) is 0 Å². The lowest BCUT2D eigenvalue weighted by atomic mass is 10.1. The lowest BCUT2D eigenvalue weighted by molar-refractivity contribution is 0.0563. The van der Waals surface area contributed by atoms with E-state index in [1.165, 1.54) is 7.11 Å². The summed E-state index contributed by atoms with van der Waals surface area (Å²) >= 11 is 0. The minimum absolute atomic E-state index is 0.245. The van der Waals surface area contributed by atoms with E-state index in [1.54, 1.807) is 4.90 Å². The Balaban J connectivity index is 1.98. The van der Waals surface area contributed by atoms with Gasteiger partial charge in [-0.2, -0.15) is 0 Å². The SMILES string of the molecule is COC(=O)c1[nH]c2ccc(C)cc2c1NC(=O)N1CCOCC1. The highest BCUT2D eigenvalue weighted by molar-refractivity contribution is 6.10. The number of aromatic amines is 1. The van der Waals surface area contributed by atoms with Crippen LogP contribution >= 0.6 is 0 Å². The molecule has 0 saturated carbocycles. The van der Waals surface area contributed by atoms with Crippen molar-refractivity contribution in [3.8, 4) is 0 Å². The second kappa shape index (κ2) is 6.29. The molecule has 1 saturated heterocycles. The summed E-state index contributed by atoms with van der Waals surface area (Å²) < 4.78 is 10.1. The highest BCUT2D eigenvalue weighted by Gasteiger charge is 2.23. The maximum Gasteiger partial charge on any atom is 0.356 e. The number of methoxy groups -OCH3 is 1. The zero-order chi connectivity index (χ0) is 16.4. The Bertz CT molecular complexity index is 747. The van der Waals surface area contributed by atoms with Crippen LogP contribution in [0.2, 0.25) is 0 Å². The van der Waals surface area contributed by atoms with Crippen molar-refractivity contribution in [2.45, 2.75) is 6.92 Å². The molecule has 2 N–H and O–H groups in total. The van der Waals surface area contributed by atoms with Crippen LogP contribution in [-0.4, -0.2) is 55.3 Å². The van der Waals surface area contributed by atoms with Crippen LogP contribution in [0.3, 0.4) is 0 Å². The molecule has 1 aromatic carbocycles. The molecular weight excluding hydrogens is 298 g/mol. The summed E-state index contributed by atoms with van der Waals surface area (Å²) in [5, 5.41) is 3.63. The van der Waals surface area contributed by atoms with E-state index in [1.807, 2.05) is 25.1 Å². The third-order valence-corrected chi connectivity index (χ3v) is 3.87. The summed E-state index contributed by atoms with van der Waals surface area (Å²) in [4.78, 5) is 29.1. The number of urea groups is 1. The van der Waals surface area contributed by atoms with E-state index in [0.717, 1.165) is 16.5 Å². The van der Waals surface area contributed by atoms with E-state index in [9.17, 15) is 9.59 Å². The predicted molar refractivity (Wildman–Crippen MR) is 85.8 cm³/mol. The first-order valence-electron chi connectivity index (χ1n) is 7.44. The number of anilines is 1. The van der Waals surface area contributed by atoms with Crippen molar-refractivity contribution < 1.29 is 19.1 Å². The molecule has 0 unspecified atom stereocenters. The molecule has 3 rings (SSSR count). The number of esters is 1. The fraction of sp³-hybridized carbons (Fsp3) is 0.375. The number of benzene rings is 1. The number of hydrogen-bond acceptors (Lipinski definition) is 4. The zero-order valence-corrected chi connectivity index (χ0v) is 13.1. The summed E-state index contributed by atoms with van der Waals surface area (Å²) in [7, 11) is 1.31. The number of carbonyl (C=O) groups is 2. The molecule has 1 fully saturated rings. The van der Waals surface area contributed by atoms with Gasteiger partial charge in [0.15, 0.2) is 0 Å². The number of ether oxygens (including phenoxy) is 2. The van der Waals surface area contributed by atoms with E-state index in [2.05, 4.69) is 10.3 Å². The van der Waals surface area contributed by atoms with E-state index in [0.29, 0.717) is 32.0 Å². The largest absolute Gasteiger partial charge is 0.464 e. The van der Waals surface area contributed by atoms with Gasteiger partial charge in [-0.05, 0) is 19.1 Å². The molecule has 7 nitrogen and oxygen atoms in total. The molecule has 0 spiro atoms. The van der Waals surface area contributed by atoms with E-state index in [-0.39, 0.29) is 11.7 Å². The normalized spacial score (nSPS) is 14.8. The number of aryl methyl sites for hydroxylation is 1. The monoisotopic (exact) mass is 317 g/mol. The van der Waals surface area contributed by atoms with E-state index in [4.69, 9.17) is 9.47 Å². The van der Waals surface area contributed by atoms with E-state index < -0.39 is 5.97 Å². The molecule has 1 aromatic heterocycles. The van der Waals surface area contributed by atoms with Crippen LogP contribution in [-0.2, 0) is 9.47 Å². The molecule has 1 aliphatic rings. The number of morpholine rings is 1. The number of aromatic nitrogens is 1. The van der Waals surface area contributed by atoms with Gasteiger partial charge in [-0.15, -0.1) is 0 Å². The number of hydrogen-bond donors (Lipinski definition) is 2. The fourth-order valence-electron chi connectivity index (χ4n) is 2.64. The van der Waals surface area contributed by atoms with Gasteiger partial charge < -0.3 is 24.7 Å². The van der Waals surface area contributed by atoms with Gasteiger partial charge in [-0.25, -0.2) is 9.59 Å². The van der Waals surface area contributed by atoms with Gasteiger partial charge in [0.2, 0.25) is 0 Å². The fourth-order valence-corrected chi connectivity index (χ4v) is 2.64. The Morgan fingerprint density at radius 3 is 2.74 bits per heavy atom.